The largest absolute Gasteiger partial charge is 0.476 e. The SMILES string of the molecule is Cc1ccc(CSc2n[nH]nc2C(=O)O)cc1. The Kier molecular flexibility index (Phi) is 3.43. The lowest BCUT2D eigenvalue weighted by Crippen LogP contribution is -1.98. The van der Waals surface area contributed by atoms with E-state index in [1.54, 1.807) is 0 Å². The lowest BCUT2D eigenvalue weighted by atomic mass is 10.2. The van der Waals surface area contributed by atoms with Crippen molar-refractivity contribution in [1.29, 1.82) is 0 Å². The van der Waals surface area contributed by atoms with Gasteiger partial charge < -0.3 is 5.11 Å². The number of hydrogen-bond donors (Lipinski definition) is 2. The number of thioether (sulfide) groups is 1. The zero-order valence-electron chi connectivity index (χ0n) is 9.17. The van der Waals surface area contributed by atoms with Crippen molar-refractivity contribution in [3.63, 3.8) is 0 Å². The molecule has 17 heavy (non-hydrogen) atoms. The highest BCUT2D eigenvalue weighted by atomic mass is 32.2. The van der Waals surface area contributed by atoms with E-state index in [0.29, 0.717) is 10.8 Å². The Morgan fingerprint density at radius 2 is 2.06 bits per heavy atom. The average molecular weight is 249 g/mol. The number of H-pyrrole nitrogens is 1. The molecule has 0 aliphatic heterocycles. The van der Waals surface area contributed by atoms with Crippen molar-refractivity contribution in [2.45, 2.75) is 17.7 Å². The van der Waals surface area contributed by atoms with Gasteiger partial charge in [0.05, 0.1) is 0 Å². The minimum absolute atomic E-state index is 0.0258. The molecule has 2 rings (SSSR count). The smallest absolute Gasteiger partial charge is 0.359 e. The summed E-state index contributed by atoms with van der Waals surface area (Å²) >= 11 is 1.36. The Balaban J connectivity index is 2.05. The number of carbonyl (C=O) groups is 1. The van der Waals surface area contributed by atoms with Gasteiger partial charge >= 0.3 is 5.97 Å². The lowest BCUT2D eigenvalue weighted by molar-refractivity contribution is 0.0686. The zero-order valence-corrected chi connectivity index (χ0v) is 9.99. The molecular formula is C11H11N3O2S. The fourth-order valence-electron chi connectivity index (χ4n) is 1.30. The van der Waals surface area contributed by atoms with E-state index in [9.17, 15) is 4.79 Å². The molecule has 0 amide bonds. The number of rotatable bonds is 4. The minimum Gasteiger partial charge on any atom is -0.476 e. The summed E-state index contributed by atoms with van der Waals surface area (Å²) in [5.74, 6) is -0.391. The molecule has 6 heteroatoms. The standard InChI is InChI=1S/C11H11N3O2S/c1-7-2-4-8(5-3-7)6-17-10-9(11(15)16)12-14-13-10/h2-5H,6H2,1H3,(H,15,16)(H,12,13,14). The van der Waals surface area contributed by atoms with Crippen molar-refractivity contribution in [2.75, 3.05) is 0 Å². The summed E-state index contributed by atoms with van der Waals surface area (Å²) in [6, 6.07) is 8.08. The van der Waals surface area contributed by atoms with Gasteiger partial charge in [0, 0.05) is 5.75 Å². The van der Waals surface area contributed by atoms with Gasteiger partial charge in [-0.05, 0) is 12.5 Å². The van der Waals surface area contributed by atoms with Gasteiger partial charge in [-0.25, -0.2) is 4.79 Å². The van der Waals surface area contributed by atoms with Gasteiger partial charge in [-0.15, -0.1) is 10.2 Å². The van der Waals surface area contributed by atoms with Crippen molar-refractivity contribution in [3.05, 3.63) is 41.1 Å². The highest BCUT2D eigenvalue weighted by Gasteiger charge is 2.15. The molecule has 1 heterocycles. The van der Waals surface area contributed by atoms with E-state index in [0.717, 1.165) is 5.56 Å². The molecule has 0 fully saturated rings. The van der Waals surface area contributed by atoms with Crippen LogP contribution in [0.15, 0.2) is 29.3 Å². The van der Waals surface area contributed by atoms with E-state index in [2.05, 4.69) is 15.4 Å². The van der Waals surface area contributed by atoms with Crippen LogP contribution in [-0.2, 0) is 5.75 Å². The van der Waals surface area contributed by atoms with E-state index >= 15 is 0 Å². The van der Waals surface area contributed by atoms with Crippen LogP contribution in [0.4, 0.5) is 0 Å². The Labute approximate surface area is 102 Å². The van der Waals surface area contributed by atoms with E-state index in [4.69, 9.17) is 5.11 Å². The highest BCUT2D eigenvalue weighted by molar-refractivity contribution is 7.98. The first kappa shape index (κ1) is 11.7. The van der Waals surface area contributed by atoms with Crippen LogP contribution in [-0.4, -0.2) is 26.5 Å². The number of nitrogens with zero attached hydrogens (tertiary/aromatic N) is 2. The van der Waals surface area contributed by atoms with Crippen LogP contribution in [0.2, 0.25) is 0 Å². The molecule has 2 aromatic rings. The summed E-state index contributed by atoms with van der Waals surface area (Å²) in [6.07, 6.45) is 0. The van der Waals surface area contributed by atoms with E-state index in [1.807, 2.05) is 31.2 Å². The van der Waals surface area contributed by atoms with Crippen molar-refractivity contribution in [3.8, 4) is 0 Å². The van der Waals surface area contributed by atoms with Crippen LogP contribution in [0.25, 0.3) is 0 Å². The van der Waals surface area contributed by atoms with Crippen LogP contribution >= 0.6 is 11.8 Å². The Hall–Kier alpha value is -1.82. The topological polar surface area (TPSA) is 78.9 Å². The number of hydrogen-bond acceptors (Lipinski definition) is 4. The number of aromatic amines is 1. The first-order valence-electron chi connectivity index (χ1n) is 4.99. The van der Waals surface area contributed by atoms with Gasteiger partial charge in [-0.1, -0.05) is 41.6 Å². The molecule has 0 atom stereocenters. The van der Waals surface area contributed by atoms with Crippen molar-refractivity contribution < 1.29 is 9.90 Å². The second-order valence-electron chi connectivity index (χ2n) is 3.56. The van der Waals surface area contributed by atoms with E-state index in [-0.39, 0.29) is 5.69 Å². The van der Waals surface area contributed by atoms with Gasteiger partial charge in [-0.2, -0.15) is 5.21 Å². The average Bonchev–Trinajstić information content (AvgIpc) is 2.76. The third-order valence-corrected chi connectivity index (χ3v) is 3.25. The summed E-state index contributed by atoms with van der Waals surface area (Å²) in [4.78, 5) is 10.8. The maximum absolute atomic E-state index is 10.8. The van der Waals surface area contributed by atoms with Gasteiger partial charge in [0.15, 0.2) is 5.03 Å². The summed E-state index contributed by atoms with van der Waals surface area (Å²) in [5.41, 5.74) is 2.30. The molecule has 0 bridgehead atoms. The molecular weight excluding hydrogens is 238 g/mol. The highest BCUT2D eigenvalue weighted by Crippen LogP contribution is 2.22. The number of nitrogens with one attached hydrogen (secondary N) is 1. The molecule has 88 valence electrons. The fourth-order valence-corrected chi connectivity index (χ4v) is 2.17. The van der Waals surface area contributed by atoms with Gasteiger partial charge in [0.25, 0.3) is 0 Å². The summed E-state index contributed by atoms with van der Waals surface area (Å²) < 4.78 is 0. The second-order valence-corrected chi connectivity index (χ2v) is 4.52. The molecule has 2 N–H and O–H groups in total. The van der Waals surface area contributed by atoms with Crippen molar-refractivity contribution in [2.24, 2.45) is 0 Å². The lowest BCUT2D eigenvalue weighted by Gasteiger charge is -2.00. The number of carboxylic acid groups (broad SMARTS) is 1. The van der Waals surface area contributed by atoms with Gasteiger partial charge in [0.1, 0.15) is 0 Å². The van der Waals surface area contributed by atoms with Crippen LogP contribution in [0.1, 0.15) is 21.6 Å². The molecule has 1 aromatic heterocycles. The van der Waals surface area contributed by atoms with Crippen LogP contribution in [0.3, 0.4) is 0 Å². The fraction of sp³-hybridized carbons (Fsp3) is 0.182. The molecule has 0 aliphatic carbocycles. The monoisotopic (exact) mass is 249 g/mol. The Bertz CT molecular complexity index is 522. The number of benzene rings is 1. The number of aromatic carboxylic acids is 1. The molecule has 0 aliphatic rings. The van der Waals surface area contributed by atoms with E-state index < -0.39 is 5.97 Å². The number of carboxylic acids is 1. The van der Waals surface area contributed by atoms with Crippen molar-refractivity contribution >= 4 is 17.7 Å². The van der Waals surface area contributed by atoms with Gasteiger partial charge in [-0.3, -0.25) is 0 Å². The summed E-state index contributed by atoms with van der Waals surface area (Å²) in [6.45, 7) is 2.02. The predicted octanol–water partition coefficient (Wildman–Crippen LogP) is 2.10. The zero-order chi connectivity index (χ0) is 12.3. The third kappa shape index (κ3) is 2.85. The first-order valence-corrected chi connectivity index (χ1v) is 5.98. The number of aromatic nitrogens is 3. The molecule has 0 radical (unpaired) electrons. The quantitative estimate of drug-likeness (QED) is 0.811. The second kappa shape index (κ2) is 5.01. The maximum atomic E-state index is 10.8. The molecule has 0 spiro atoms. The Morgan fingerprint density at radius 3 is 2.71 bits per heavy atom. The summed E-state index contributed by atoms with van der Waals surface area (Å²) in [5, 5.41) is 19.0. The molecule has 0 saturated carbocycles. The molecule has 5 nitrogen and oxygen atoms in total. The van der Waals surface area contributed by atoms with Crippen LogP contribution in [0, 0.1) is 6.92 Å². The normalized spacial score (nSPS) is 10.4. The van der Waals surface area contributed by atoms with Crippen LogP contribution < -0.4 is 0 Å². The third-order valence-electron chi connectivity index (χ3n) is 2.21. The molecule has 0 saturated heterocycles. The maximum Gasteiger partial charge on any atom is 0.359 e. The Morgan fingerprint density at radius 1 is 1.35 bits per heavy atom. The predicted molar refractivity (Wildman–Crippen MR) is 64.1 cm³/mol. The number of aryl methyl sites for hydroxylation is 1. The minimum atomic E-state index is -1.06. The summed E-state index contributed by atoms with van der Waals surface area (Å²) in [7, 11) is 0. The first-order chi connectivity index (χ1) is 8.16. The molecule has 1 aromatic carbocycles. The molecule has 0 unspecified atom stereocenters. The van der Waals surface area contributed by atoms with Crippen LogP contribution in [0.5, 0.6) is 0 Å². The van der Waals surface area contributed by atoms with Crippen molar-refractivity contribution in [1.82, 2.24) is 15.4 Å². The van der Waals surface area contributed by atoms with E-state index in [1.165, 1.54) is 17.3 Å². The van der Waals surface area contributed by atoms with Gasteiger partial charge in [0.2, 0.25) is 5.69 Å².